The van der Waals surface area contributed by atoms with E-state index in [-0.39, 0.29) is 24.3 Å². The van der Waals surface area contributed by atoms with Crippen LogP contribution in [0.1, 0.15) is 48.6 Å². The highest BCUT2D eigenvalue weighted by Crippen LogP contribution is 2.35. The predicted octanol–water partition coefficient (Wildman–Crippen LogP) is 5.54. The topological polar surface area (TPSA) is 77.1 Å². The lowest BCUT2D eigenvalue weighted by atomic mass is 9.94. The van der Waals surface area contributed by atoms with Crippen molar-refractivity contribution in [2.45, 2.75) is 50.6 Å². The van der Waals surface area contributed by atoms with E-state index >= 15 is 0 Å². The molecule has 7 nitrogen and oxygen atoms in total. The zero-order chi connectivity index (χ0) is 26.2. The van der Waals surface area contributed by atoms with Gasteiger partial charge in [-0.25, -0.2) is 0 Å². The molecule has 2 aromatic carbocycles. The number of rotatable bonds is 10. The number of anilines is 1. The molecule has 196 valence electrons. The Hall–Kier alpha value is -3.52. The molecule has 1 atom stereocenters. The summed E-state index contributed by atoms with van der Waals surface area (Å²) in [4.78, 5) is 30.5. The van der Waals surface area contributed by atoms with Crippen molar-refractivity contribution in [2.24, 2.45) is 0 Å². The van der Waals surface area contributed by atoms with Gasteiger partial charge in [-0.1, -0.05) is 37.5 Å². The van der Waals surface area contributed by atoms with Gasteiger partial charge in [0.15, 0.2) is 0 Å². The van der Waals surface area contributed by atoms with E-state index in [1.165, 1.54) is 17.8 Å². The van der Waals surface area contributed by atoms with Crippen LogP contribution < -0.4 is 24.4 Å². The van der Waals surface area contributed by atoms with Crippen molar-refractivity contribution in [2.75, 3.05) is 26.2 Å². The first-order valence-corrected chi connectivity index (χ1v) is 13.4. The molecule has 1 saturated carbocycles. The van der Waals surface area contributed by atoms with Crippen molar-refractivity contribution in [3.05, 3.63) is 70.4 Å². The van der Waals surface area contributed by atoms with Gasteiger partial charge in [0.1, 0.15) is 23.3 Å². The maximum atomic E-state index is 14.0. The second-order valence-electron chi connectivity index (χ2n) is 9.11. The Balaban J connectivity index is 1.81. The van der Waals surface area contributed by atoms with Gasteiger partial charge in [-0.2, -0.15) is 0 Å². The minimum Gasteiger partial charge on any atom is -0.497 e. The van der Waals surface area contributed by atoms with E-state index in [4.69, 9.17) is 14.2 Å². The molecule has 0 bridgehead atoms. The van der Waals surface area contributed by atoms with Gasteiger partial charge in [0.2, 0.25) is 11.8 Å². The minimum absolute atomic E-state index is 0.0936. The lowest BCUT2D eigenvalue weighted by Gasteiger charge is -2.34. The average molecular weight is 523 g/mol. The van der Waals surface area contributed by atoms with Crippen molar-refractivity contribution in [1.29, 1.82) is 0 Å². The minimum atomic E-state index is -0.892. The SMILES string of the molecule is COc1ccc([C@H](C(=O)NC2CCCCC2)N(C(=O)Cc2cccs2)c2cc(OC)cc(OC)c2)cc1. The Labute approximate surface area is 222 Å². The van der Waals surface area contributed by atoms with Crippen molar-refractivity contribution >= 4 is 28.8 Å². The largest absolute Gasteiger partial charge is 0.497 e. The average Bonchev–Trinajstić information content (AvgIpc) is 3.44. The number of amides is 2. The summed E-state index contributed by atoms with van der Waals surface area (Å²) in [6.45, 7) is 0. The van der Waals surface area contributed by atoms with E-state index in [2.05, 4.69) is 5.32 Å². The number of thiophene rings is 1. The molecule has 1 heterocycles. The van der Waals surface area contributed by atoms with Crippen molar-refractivity contribution < 1.29 is 23.8 Å². The molecular formula is C29H34N2O5S. The summed E-state index contributed by atoms with van der Waals surface area (Å²) in [5.41, 5.74) is 1.22. The first-order chi connectivity index (χ1) is 18.0. The van der Waals surface area contributed by atoms with E-state index in [9.17, 15) is 9.59 Å². The second kappa shape index (κ2) is 12.6. The van der Waals surface area contributed by atoms with Crippen LogP contribution in [-0.4, -0.2) is 39.2 Å². The summed E-state index contributed by atoms with van der Waals surface area (Å²) in [6, 6.07) is 15.6. The second-order valence-corrected chi connectivity index (χ2v) is 10.1. The van der Waals surface area contributed by atoms with E-state index in [0.717, 1.165) is 30.6 Å². The lowest BCUT2D eigenvalue weighted by molar-refractivity contribution is -0.127. The molecule has 0 spiro atoms. The maximum Gasteiger partial charge on any atom is 0.248 e. The summed E-state index contributed by atoms with van der Waals surface area (Å²) >= 11 is 1.51. The number of ether oxygens (including phenoxy) is 3. The van der Waals surface area contributed by atoms with Crippen LogP contribution in [0.5, 0.6) is 17.2 Å². The normalized spacial score (nSPS) is 14.5. The number of hydrogen-bond acceptors (Lipinski definition) is 6. The third kappa shape index (κ3) is 6.63. The number of benzene rings is 2. The molecule has 2 amide bonds. The maximum absolute atomic E-state index is 14.0. The summed E-state index contributed by atoms with van der Waals surface area (Å²) in [7, 11) is 4.72. The molecule has 3 aromatic rings. The number of methoxy groups -OCH3 is 3. The standard InChI is InChI=1S/C29H34N2O5S/c1-34-23-13-11-20(12-14-23)28(29(33)30-21-8-5-4-6-9-21)31(27(32)19-26-10-7-15-37-26)22-16-24(35-2)18-25(17-22)36-3/h7,10-18,21,28H,4-6,8-9,19H2,1-3H3,(H,30,33)/t28-/m1/s1. The zero-order valence-corrected chi connectivity index (χ0v) is 22.4. The van der Waals surface area contributed by atoms with Crippen LogP contribution in [0, 0.1) is 0 Å². The van der Waals surface area contributed by atoms with Gasteiger partial charge in [-0.15, -0.1) is 11.3 Å². The van der Waals surface area contributed by atoms with Gasteiger partial charge < -0.3 is 19.5 Å². The fourth-order valence-electron chi connectivity index (χ4n) is 4.75. The molecule has 1 aromatic heterocycles. The van der Waals surface area contributed by atoms with E-state index in [1.54, 1.807) is 44.4 Å². The van der Waals surface area contributed by atoms with Crippen molar-refractivity contribution in [1.82, 2.24) is 5.32 Å². The van der Waals surface area contributed by atoms with Crippen LogP contribution in [0.3, 0.4) is 0 Å². The van der Waals surface area contributed by atoms with Crippen molar-refractivity contribution in [3.63, 3.8) is 0 Å². The van der Waals surface area contributed by atoms with E-state index in [0.29, 0.717) is 28.5 Å². The summed E-state index contributed by atoms with van der Waals surface area (Å²) in [6.07, 6.45) is 5.41. The molecule has 8 heteroatoms. The van der Waals surface area contributed by atoms with Crippen LogP contribution >= 0.6 is 11.3 Å². The number of hydrogen-bond donors (Lipinski definition) is 1. The first kappa shape index (κ1) is 26.5. The summed E-state index contributed by atoms with van der Waals surface area (Å²) in [5, 5.41) is 5.19. The Kier molecular flexibility index (Phi) is 9.06. The molecule has 0 radical (unpaired) electrons. The fraction of sp³-hybridized carbons (Fsp3) is 0.379. The van der Waals surface area contributed by atoms with Gasteiger partial charge in [-0.3, -0.25) is 14.5 Å². The number of nitrogens with zero attached hydrogens (tertiary/aromatic N) is 1. The third-order valence-corrected chi connectivity index (χ3v) is 7.55. The summed E-state index contributed by atoms with van der Waals surface area (Å²) in [5.74, 6) is 1.33. The third-order valence-electron chi connectivity index (χ3n) is 6.68. The fourth-order valence-corrected chi connectivity index (χ4v) is 5.44. The quantitative estimate of drug-likeness (QED) is 0.378. The molecule has 1 N–H and O–H groups in total. The highest BCUT2D eigenvalue weighted by molar-refractivity contribution is 7.10. The van der Waals surface area contributed by atoms with E-state index < -0.39 is 6.04 Å². The Morgan fingerprint density at radius 1 is 0.919 bits per heavy atom. The van der Waals surface area contributed by atoms with Crippen LogP contribution in [0.15, 0.2) is 60.0 Å². The van der Waals surface area contributed by atoms with Crippen LogP contribution in [0.2, 0.25) is 0 Å². The zero-order valence-electron chi connectivity index (χ0n) is 21.6. The van der Waals surface area contributed by atoms with Crippen LogP contribution in [0.4, 0.5) is 5.69 Å². The molecule has 0 aliphatic heterocycles. The Morgan fingerprint density at radius 3 is 2.14 bits per heavy atom. The molecule has 1 aliphatic rings. The van der Waals surface area contributed by atoms with Gasteiger partial charge >= 0.3 is 0 Å². The molecular weight excluding hydrogens is 488 g/mol. The summed E-state index contributed by atoms with van der Waals surface area (Å²) < 4.78 is 16.3. The molecule has 4 rings (SSSR count). The van der Waals surface area contributed by atoms with Gasteiger partial charge in [0, 0.05) is 29.1 Å². The monoisotopic (exact) mass is 522 g/mol. The van der Waals surface area contributed by atoms with Gasteiger partial charge in [0.25, 0.3) is 0 Å². The highest BCUT2D eigenvalue weighted by Gasteiger charge is 2.34. The molecule has 37 heavy (non-hydrogen) atoms. The smallest absolute Gasteiger partial charge is 0.248 e. The van der Waals surface area contributed by atoms with Crippen molar-refractivity contribution in [3.8, 4) is 17.2 Å². The highest BCUT2D eigenvalue weighted by atomic mass is 32.1. The predicted molar refractivity (Wildman–Crippen MR) is 146 cm³/mol. The van der Waals surface area contributed by atoms with Gasteiger partial charge in [-0.05, 0) is 42.0 Å². The van der Waals surface area contributed by atoms with Gasteiger partial charge in [0.05, 0.1) is 33.4 Å². The number of carbonyl (C=O) groups is 2. The number of carbonyl (C=O) groups excluding carboxylic acids is 2. The lowest BCUT2D eigenvalue weighted by Crippen LogP contribution is -2.47. The van der Waals surface area contributed by atoms with Crippen LogP contribution in [0.25, 0.3) is 0 Å². The molecule has 0 saturated heterocycles. The first-order valence-electron chi connectivity index (χ1n) is 12.5. The number of nitrogens with one attached hydrogen (secondary N) is 1. The van der Waals surface area contributed by atoms with E-state index in [1.807, 2.05) is 41.8 Å². The molecule has 1 fully saturated rings. The molecule has 0 unspecified atom stereocenters. The Bertz CT molecular complexity index is 1150. The molecule has 1 aliphatic carbocycles. The Morgan fingerprint density at radius 2 is 1.57 bits per heavy atom. The van der Waals surface area contributed by atoms with Crippen LogP contribution in [-0.2, 0) is 16.0 Å².